The first-order valence-electron chi connectivity index (χ1n) is 9.84. The number of hydrogen-bond acceptors (Lipinski definition) is 3. The van der Waals surface area contributed by atoms with E-state index in [0.29, 0.717) is 23.7 Å². The molecule has 1 atom stereocenters. The van der Waals surface area contributed by atoms with Gasteiger partial charge in [0.15, 0.2) is 6.61 Å². The van der Waals surface area contributed by atoms with Gasteiger partial charge >= 0.3 is 0 Å². The van der Waals surface area contributed by atoms with E-state index >= 15 is 0 Å². The lowest BCUT2D eigenvalue weighted by molar-refractivity contribution is -0.143. The smallest absolute Gasteiger partial charge is 0.261 e. The third-order valence-electron chi connectivity index (χ3n) is 4.41. The minimum absolute atomic E-state index is 0.00446. The topological polar surface area (TPSA) is 58.6 Å². The second kappa shape index (κ2) is 10.9. The standard InChI is InChI=1S/C23H29ClN2O3/c1-5-21(23(28)25-16(2)3)26(14-18-9-6-8-17(4)12-18)22(27)15-29-20-11-7-10-19(24)13-20/h6-13,16,21H,5,14-15H2,1-4H3,(H,25,28)/t21-/m0/s1. The number of halogens is 1. The monoisotopic (exact) mass is 416 g/mol. The van der Waals surface area contributed by atoms with Crippen LogP contribution in [-0.2, 0) is 16.1 Å². The summed E-state index contributed by atoms with van der Waals surface area (Å²) in [5, 5.41) is 3.45. The molecule has 0 aliphatic carbocycles. The second-order valence-electron chi connectivity index (χ2n) is 7.34. The quantitative estimate of drug-likeness (QED) is 0.660. The van der Waals surface area contributed by atoms with Crippen molar-refractivity contribution < 1.29 is 14.3 Å². The van der Waals surface area contributed by atoms with Gasteiger partial charge < -0.3 is 15.0 Å². The van der Waals surface area contributed by atoms with E-state index in [0.717, 1.165) is 11.1 Å². The zero-order chi connectivity index (χ0) is 21.4. The van der Waals surface area contributed by atoms with E-state index in [1.807, 2.05) is 52.0 Å². The van der Waals surface area contributed by atoms with Crippen LogP contribution in [0.25, 0.3) is 0 Å². The molecule has 5 nitrogen and oxygen atoms in total. The third kappa shape index (κ3) is 7.09. The predicted molar refractivity (Wildman–Crippen MR) is 116 cm³/mol. The Balaban J connectivity index is 2.21. The average Bonchev–Trinajstić information content (AvgIpc) is 2.65. The Morgan fingerprint density at radius 1 is 1.14 bits per heavy atom. The lowest BCUT2D eigenvalue weighted by atomic mass is 10.1. The predicted octanol–water partition coefficient (Wildman–Crippen LogP) is 4.36. The highest BCUT2D eigenvalue weighted by molar-refractivity contribution is 6.30. The summed E-state index contributed by atoms with van der Waals surface area (Å²) in [6.45, 7) is 7.87. The first-order valence-corrected chi connectivity index (χ1v) is 10.2. The number of aryl methyl sites for hydroxylation is 1. The van der Waals surface area contributed by atoms with Crippen molar-refractivity contribution in [1.29, 1.82) is 0 Å². The lowest BCUT2D eigenvalue weighted by Crippen LogP contribution is -2.51. The number of amides is 2. The van der Waals surface area contributed by atoms with Gasteiger partial charge in [-0.05, 0) is 51.0 Å². The van der Waals surface area contributed by atoms with Crippen molar-refractivity contribution >= 4 is 23.4 Å². The van der Waals surface area contributed by atoms with Crippen molar-refractivity contribution in [3.05, 3.63) is 64.7 Å². The van der Waals surface area contributed by atoms with Crippen molar-refractivity contribution in [2.45, 2.75) is 52.7 Å². The van der Waals surface area contributed by atoms with Gasteiger partial charge in [0, 0.05) is 17.6 Å². The summed E-state index contributed by atoms with van der Waals surface area (Å²) in [5.41, 5.74) is 2.07. The van der Waals surface area contributed by atoms with Gasteiger partial charge in [0.1, 0.15) is 11.8 Å². The Labute approximate surface area is 178 Å². The maximum Gasteiger partial charge on any atom is 0.261 e. The number of hydrogen-bond donors (Lipinski definition) is 1. The van der Waals surface area contributed by atoms with Crippen LogP contribution in [0.1, 0.15) is 38.3 Å². The van der Waals surface area contributed by atoms with Crippen LogP contribution >= 0.6 is 11.6 Å². The maximum absolute atomic E-state index is 13.1. The number of carbonyl (C=O) groups is 2. The van der Waals surface area contributed by atoms with Gasteiger partial charge in [-0.1, -0.05) is 54.4 Å². The Hall–Kier alpha value is -2.53. The molecule has 2 amide bonds. The molecule has 156 valence electrons. The molecule has 2 aromatic carbocycles. The highest BCUT2D eigenvalue weighted by Gasteiger charge is 2.29. The minimum Gasteiger partial charge on any atom is -0.484 e. The molecule has 0 fully saturated rings. The van der Waals surface area contributed by atoms with Gasteiger partial charge in [-0.15, -0.1) is 0 Å². The molecule has 1 N–H and O–H groups in total. The van der Waals surface area contributed by atoms with Crippen LogP contribution < -0.4 is 10.1 Å². The molecule has 0 heterocycles. The largest absolute Gasteiger partial charge is 0.484 e. The molecule has 29 heavy (non-hydrogen) atoms. The van der Waals surface area contributed by atoms with Crippen molar-refractivity contribution in [3.63, 3.8) is 0 Å². The Morgan fingerprint density at radius 2 is 1.86 bits per heavy atom. The highest BCUT2D eigenvalue weighted by atomic mass is 35.5. The van der Waals surface area contributed by atoms with E-state index in [9.17, 15) is 9.59 Å². The minimum atomic E-state index is -0.576. The number of ether oxygens (including phenoxy) is 1. The summed E-state index contributed by atoms with van der Waals surface area (Å²) in [6.07, 6.45) is 0.507. The van der Waals surface area contributed by atoms with E-state index in [1.165, 1.54) is 0 Å². The van der Waals surface area contributed by atoms with Gasteiger partial charge in [-0.25, -0.2) is 0 Å². The summed E-state index contributed by atoms with van der Waals surface area (Å²) in [4.78, 5) is 27.4. The summed E-state index contributed by atoms with van der Waals surface area (Å²) < 4.78 is 5.64. The fourth-order valence-electron chi connectivity index (χ4n) is 3.09. The summed E-state index contributed by atoms with van der Waals surface area (Å²) in [5.74, 6) is 0.101. The molecule has 6 heteroatoms. The molecular weight excluding hydrogens is 388 g/mol. The molecule has 0 spiro atoms. The zero-order valence-corrected chi connectivity index (χ0v) is 18.2. The van der Waals surface area contributed by atoms with Gasteiger partial charge in [0.2, 0.25) is 5.91 Å². The number of benzene rings is 2. The van der Waals surface area contributed by atoms with Crippen molar-refractivity contribution in [3.8, 4) is 5.75 Å². The van der Waals surface area contributed by atoms with Crippen LogP contribution in [0, 0.1) is 6.92 Å². The molecule has 0 aliphatic rings. The molecule has 2 rings (SSSR count). The van der Waals surface area contributed by atoms with Gasteiger partial charge in [-0.3, -0.25) is 9.59 Å². The number of carbonyl (C=O) groups excluding carboxylic acids is 2. The average molecular weight is 417 g/mol. The van der Waals surface area contributed by atoms with E-state index in [1.54, 1.807) is 29.2 Å². The summed E-state index contributed by atoms with van der Waals surface area (Å²) in [7, 11) is 0. The molecule has 0 aliphatic heterocycles. The molecule has 0 saturated carbocycles. The first-order chi connectivity index (χ1) is 13.8. The van der Waals surface area contributed by atoms with Crippen LogP contribution in [0.4, 0.5) is 0 Å². The van der Waals surface area contributed by atoms with E-state index in [-0.39, 0.29) is 24.5 Å². The summed E-state index contributed by atoms with van der Waals surface area (Å²) >= 11 is 5.98. The normalized spacial score (nSPS) is 11.8. The van der Waals surface area contributed by atoms with E-state index in [4.69, 9.17) is 16.3 Å². The fraction of sp³-hybridized carbons (Fsp3) is 0.391. The van der Waals surface area contributed by atoms with Crippen LogP contribution in [0.15, 0.2) is 48.5 Å². The number of rotatable bonds is 9. The van der Waals surface area contributed by atoms with E-state index in [2.05, 4.69) is 5.32 Å². The van der Waals surface area contributed by atoms with Crippen molar-refractivity contribution in [2.24, 2.45) is 0 Å². The van der Waals surface area contributed by atoms with Crippen LogP contribution in [0.3, 0.4) is 0 Å². The highest BCUT2D eigenvalue weighted by Crippen LogP contribution is 2.18. The third-order valence-corrected chi connectivity index (χ3v) is 4.65. The number of nitrogens with zero attached hydrogens (tertiary/aromatic N) is 1. The van der Waals surface area contributed by atoms with Gasteiger partial charge in [0.05, 0.1) is 0 Å². The first kappa shape index (κ1) is 22.8. The molecule has 0 aromatic heterocycles. The van der Waals surface area contributed by atoms with Crippen molar-refractivity contribution in [1.82, 2.24) is 10.2 Å². The Bertz CT molecular complexity index is 838. The van der Waals surface area contributed by atoms with Crippen molar-refractivity contribution in [2.75, 3.05) is 6.61 Å². The Morgan fingerprint density at radius 3 is 2.48 bits per heavy atom. The summed E-state index contributed by atoms with van der Waals surface area (Å²) in [6, 6.07) is 14.2. The van der Waals surface area contributed by atoms with E-state index < -0.39 is 6.04 Å². The van der Waals surface area contributed by atoms with Crippen LogP contribution in [0.2, 0.25) is 5.02 Å². The number of nitrogens with one attached hydrogen (secondary N) is 1. The lowest BCUT2D eigenvalue weighted by Gasteiger charge is -2.31. The van der Waals surface area contributed by atoms with Crippen LogP contribution in [-0.4, -0.2) is 35.4 Å². The van der Waals surface area contributed by atoms with Gasteiger partial charge in [0.25, 0.3) is 5.91 Å². The van der Waals surface area contributed by atoms with Crippen LogP contribution in [0.5, 0.6) is 5.75 Å². The Kier molecular flexibility index (Phi) is 8.52. The second-order valence-corrected chi connectivity index (χ2v) is 7.78. The maximum atomic E-state index is 13.1. The molecular formula is C23H29ClN2O3. The zero-order valence-electron chi connectivity index (χ0n) is 17.4. The fourth-order valence-corrected chi connectivity index (χ4v) is 3.27. The molecule has 0 unspecified atom stereocenters. The SMILES string of the molecule is CC[C@@H](C(=O)NC(C)C)N(Cc1cccc(C)c1)C(=O)COc1cccc(Cl)c1. The molecule has 0 bridgehead atoms. The molecule has 2 aromatic rings. The molecule has 0 saturated heterocycles. The molecule has 0 radical (unpaired) electrons. The van der Waals surface area contributed by atoms with Gasteiger partial charge in [-0.2, -0.15) is 0 Å².